The molecule has 4 heteroatoms. The fourth-order valence-electron chi connectivity index (χ4n) is 1.77. The van der Waals surface area contributed by atoms with E-state index in [1.807, 2.05) is 41.1 Å². The summed E-state index contributed by atoms with van der Waals surface area (Å²) in [5, 5.41) is 7.88. The summed E-state index contributed by atoms with van der Waals surface area (Å²) in [7, 11) is 0. The molecule has 0 fully saturated rings. The van der Waals surface area contributed by atoms with Crippen molar-refractivity contribution in [2.24, 2.45) is 10.3 Å². The van der Waals surface area contributed by atoms with Crippen molar-refractivity contribution in [2.45, 2.75) is 0 Å². The van der Waals surface area contributed by atoms with Crippen LogP contribution in [0.5, 0.6) is 0 Å². The number of hydrogen-bond acceptors (Lipinski definition) is 3. The Hall–Kier alpha value is -2.36. The van der Waals surface area contributed by atoms with E-state index in [1.165, 1.54) is 0 Å². The van der Waals surface area contributed by atoms with Gasteiger partial charge in [-0.3, -0.25) is 4.98 Å². The van der Waals surface area contributed by atoms with E-state index in [-0.39, 0.29) is 0 Å². The molecule has 0 atom stereocenters. The molecule has 2 aromatic rings. The first-order valence-electron chi connectivity index (χ1n) is 5.45. The van der Waals surface area contributed by atoms with Crippen LogP contribution in [0.1, 0.15) is 0 Å². The summed E-state index contributed by atoms with van der Waals surface area (Å²) >= 11 is 0. The molecule has 82 valence electrons. The summed E-state index contributed by atoms with van der Waals surface area (Å²) in [6.45, 7) is 0.728. The smallest absolute Gasteiger partial charge is 0.188 e. The van der Waals surface area contributed by atoms with Gasteiger partial charge >= 0.3 is 0 Å². The number of benzene rings is 1. The molecule has 0 saturated carbocycles. The first kappa shape index (κ1) is 9.84. The van der Waals surface area contributed by atoms with E-state index in [9.17, 15) is 0 Å². The molecule has 0 saturated heterocycles. The Balaban J connectivity index is 2.00. The lowest BCUT2D eigenvalue weighted by Gasteiger charge is -2.02. The molecular weight excluding hydrogens is 212 g/mol. The van der Waals surface area contributed by atoms with E-state index in [4.69, 9.17) is 0 Å². The first-order chi connectivity index (χ1) is 8.43. The normalized spacial score (nSPS) is 13.8. The Morgan fingerprint density at radius 3 is 2.82 bits per heavy atom. The fourth-order valence-corrected chi connectivity index (χ4v) is 1.77. The minimum Gasteiger partial charge on any atom is -0.256 e. The molecule has 0 N–H and O–H groups in total. The molecular formula is C13H11N4+. The number of nitrogens with zero attached hydrogens (tertiary/aromatic N) is 4. The molecule has 1 aliphatic rings. The number of pyridine rings is 1. The molecule has 0 aliphatic carbocycles. The van der Waals surface area contributed by atoms with Gasteiger partial charge in [0, 0.05) is 11.8 Å². The zero-order valence-electron chi connectivity index (χ0n) is 9.19. The number of rotatable bonds is 2. The highest BCUT2D eigenvalue weighted by atomic mass is 15.5. The minimum absolute atomic E-state index is 0.728. The molecule has 1 aliphatic heterocycles. The molecule has 1 aromatic heterocycles. The van der Waals surface area contributed by atoms with Gasteiger partial charge in [0.2, 0.25) is 0 Å². The summed E-state index contributed by atoms with van der Waals surface area (Å²) in [5.41, 5.74) is 3.09. The Kier molecular flexibility index (Phi) is 2.46. The van der Waals surface area contributed by atoms with Gasteiger partial charge < -0.3 is 0 Å². The molecule has 17 heavy (non-hydrogen) atoms. The molecule has 0 unspecified atom stereocenters. The highest BCUT2D eigenvalue weighted by Gasteiger charge is 2.12. The van der Waals surface area contributed by atoms with Crippen molar-refractivity contribution in [3.8, 4) is 11.3 Å². The van der Waals surface area contributed by atoms with Gasteiger partial charge in [0.25, 0.3) is 0 Å². The average molecular weight is 223 g/mol. The van der Waals surface area contributed by atoms with Gasteiger partial charge in [0.05, 0.1) is 10.8 Å². The SMILES string of the molecule is C1=NN=[N+](c2cccc(-c3ccccn3)c2)C1. The third-order valence-corrected chi connectivity index (χ3v) is 2.60. The molecule has 0 spiro atoms. The Morgan fingerprint density at radius 1 is 1.06 bits per heavy atom. The molecule has 1 aromatic carbocycles. The van der Waals surface area contributed by atoms with E-state index >= 15 is 0 Å². The lowest BCUT2D eigenvalue weighted by atomic mass is 10.1. The van der Waals surface area contributed by atoms with Crippen LogP contribution >= 0.6 is 0 Å². The summed E-state index contributed by atoms with van der Waals surface area (Å²) in [4.78, 5) is 4.34. The maximum Gasteiger partial charge on any atom is 0.188 e. The van der Waals surface area contributed by atoms with Crippen molar-refractivity contribution in [3.05, 3.63) is 48.7 Å². The van der Waals surface area contributed by atoms with E-state index < -0.39 is 0 Å². The molecule has 3 rings (SSSR count). The van der Waals surface area contributed by atoms with Crippen LogP contribution in [-0.2, 0) is 0 Å². The van der Waals surface area contributed by atoms with Crippen molar-refractivity contribution in [1.82, 2.24) is 4.98 Å². The van der Waals surface area contributed by atoms with Gasteiger partial charge in [-0.1, -0.05) is 18.2 Å². The van der Waals surface area contributed by atoms with Gasteiger partial charge in [-0.25, -0.2) is 0 Å². The van der Waals surface area contributed by atoms with Crippen molar-refractivity contribution >= 4 is 11.9 Å². The third-order valence-electron chi connectivity index (χ3n) is 2.60. The fraction of sp³-hybridized carbons (Fsp3) is 0.0769. The van der Waals surface area contributed by atoms with Crippen LogP contribution in [0.4, 0.5) is 5.69 Å². The lowest BCUT2D eigenvalue weighted by molar-refractivity contribution is -0.491. The second-order valence-electron chi connectivity index (χ2n) is 3.73. The van der Waals surface area contributed by atoms with Crippen LogP contribution in [-0.4, -0.2) is 22.4 Å². The Labute approximate surface area is 99.0 Å². The van der Waals surface area contributed by atoms with E-state index in [1.54, 1.807) is 12.4 Å². The van der Waals surface area contributed by atoms with Crippen LogP contribution < -0.4 is 0 Å². The summed E-state index contributed by atoms with van der Waals surface area (Å²) in [6, 6.07) is 14.0. The maximum atomic E-state index is 4.34. The molecule has 2 heterocycles. The number of aromatic nitrogens is 1. The summed E-state index contributed by atoms with van der Waals surface area (Å²) < 4.78 is 1.85. The predicted octanol–water partition coefficient (Wildman–Crippen LogP) is 2.84. The standard InChI is InChI=1S/C13H11N4/c1-2-7-14-13(6-1)11-4-3-5-12(10-11)17-9-8-15-16-17/h1-8,10H,9H2/q+1. The summed E-state index contributed by atoms with van der Waals surface area (Å²) in [5.74, 6) is 0. The Bertz CT molecular complexity index is 587. The highest BCUT2D eigenvalue weighted by molar-refractivity contribution is 5.63. The van der Waals surface area contributed by atoms with Crippen molar-refractivity contribution < 1.29 is 4.70 Å². The molecule has 0 bridgehead atoms. The van der Waals surface area contributed by atoms with Gasteiger partial charge in [0.1, 0.15) is 5.22 Å². The van der Waals surface area contributed by atoms with Crippen LogP contribution in [0.15, 0.2) is 59.0 Å². The predicted molar refractivity (Wildman–Crippen MR) is 65.4 cm³/mol. The maximum absolute atomic E-state index is 4.34. The monoisotopic (exact) mass is 223 g/mol. The zero-order chi connectivity index (χ0) is 11.5. The van der Waals surface area contributed by atoms with Crippen LogP contribution in [0.2, 0.25) is 0 Å². The lowest BCUT2D eigenvalue weighted by Crippen LogP contribution is -2.00. The molecule has 0 amide bonds. The minimum atomic E-state index is 0.728. The average Bonchev–Trinajstić information content (AvgIpc) is 2.94. The number of hydrogen-bond donors (Lipinski definition) is 0. The van der Waals surface area contributed by atoms with E-state index in [0.29, 0.717) is 0 Å². The zero-order valence-corrected chi connectivity index (χ0v) is 9.19. The first-order valence-corrected chi connectivity index (χ1v) is 5.45. The van der Waals surface area contributed by atoms with Gasteiger partial charge in [0.15, 0.2) is 18.4 Å². The van der Waals surface area contributed by atoms with Crippen molar-refractivity contribution in [2.75, 3.05) is 6.54 Å². The second-order valence-corrected chi connectivity index (χ2v) is 3.73. The van der Waals surface area contributed by atoms with Gasteiger partial charge in [-0.05, 0) is 24.3 Å². The van der Waals surface area contributed by atoms with Crippen molar-refractivity contribution in [3.63, 3.8) is 0 Å². The largest absolute Gasteiger partial charge is 0.256 e. The van der Waals surface area contributed by atoms with Gasteiger partial charge in [-0.2, -0.15) is 0 Å². The third kappa shape index (κ3) is 1.97. The second kappa shape index (κ2) is 4.25. The van der Waals surface area contributed by atoms with Crippen LogP contribution in [0, 0.1) is 0 Å². The van der Waals surface area contributed by atoms with Crippen molar-refractivity contribution in [1.29, 1.82) is 0 Å². The molecule has 4 nitrogen and oxygen atoms in total. The summed E-state index contributed by atoms with van der Waals surface area (Å²) in [6.07, 6.45) is 3.58. The topological polar surface area (TPSA) is 40.6 Å². The van der Waals surface area contributed by atoms with Crippen LogP contribution in [0.3, 0.4) is 0 Å². The Morgan fingerprint density at radius 2 is 2.06 bits per heavy atom. The van der Waals surface area contributed by atoms with Crippen LogP contribution in [0.25, 0.3) is 11.3 Å². The van der Waals surface area contributed by atoms with Gasteiger partial charge in [-0.15, -0.1) is 4.70 Å². The quantitative estimate of drug-likeness (QED) is 0.722. The highest BCUT2D eigenvalue weighted by Crippen LogP contribution is 2.22. The van der Waals surface area contributed by atoms with E-state index in [0.717, 1.165) is 23.5 Å². The van der Waals surface area contributed by atoms with E-state index in [2.05, 4.69) is 21.4 Å². The molecule has 0 radical (unpaired) electrons.